The van der Waals surface area contributed by atoms with Crippen molar-refractivity contribution in [3.63, 3.8) is 0 Å². The van der Waals surface area contributed by atoms with Gasteiger partial charge in [0.15, 0.2) is 0 Å². The molecule has 1 aromatic carbocycles. The van der Waals surface area contributed by atoms with Gasteiger partial charge in [-0.3, -0.25) is 4.79 Å². The second-order valence-corrected chi connectivity index (χ2v) is 6.69. The molecule has 4 heteroatoms. The lowest BCUT2D eigenvalue weighted by molar-refractivity contribution is -0.122. The Morgan fingerprint density at radius 1 is 1.33 bits per heavy atom. The fourth-order valence-corrected chi connectivity index (χ4v) is 3.86. The number of hydrogen-bond acceptors (Lipinski definition) is 2. The lowest BCUT2D eigenvalue weighted by Gasteiger charge is -2.27. The molecule has 1 aliphatic heterocycles. The smallest absolute Gasteiger partial charge is 0.231 e. The van der Waals surface area contributed by atoms with E-state index in [-0.39, 0.29) is 29.1 Å². The Morgan fingerprint density at radius 2 is 2.00 bits per heavy atom. The molecule has 0 bridgehead atoms. The molecule has 114 valence electrons. The van der Waals surface area contributed by atoms with E-state index in [1.807, 2.05) is 19.9 Å². The van der Waals surface area contributed by atoms with Gasteiger partial charge in [0.2, 0.25) is 5.91 Å². The Morgan fingerprint density at radius 3 is 2.62 bits per heavy atom. The Hall–Kier alpha value is -1.42. The van der Waals surface area contributed by atoms with Crippen molar-refractivity contribution in [3.05, 3.63) is 29.6 Å². The van der Waals surface area contributed by atoms with E-state index in [4.69, 9.17) is 5.73 Å². The van der Waals surface area contributed by atoms with E-state index in [0.717, 1.165) is 36.9 Å². The van der Waals surface area contributed by atoms with E-state index >= 15 is 0 Å². The van der Waals surface area contributed by atoms with Gasteiger partial charge < -0.3 is 10.6 Å². The third kappa shape index (κ3) is 2.16. The number of halogens is 1. The third-order valence-corrected chi connectivity index (χ3v) is 5.28. The van der Waals surface area contributed by atoms with Crippen molar-refractivity contribution >= 4 is 11.6 Å². The van der Waals surface area contributed by atoms with Crippen LogP contribution in [0.15, 0.2) is 18.2 Å². The molecule has 1 fully saturated rings. The molecular formula is C17H23FN2O. The van der Waals surface area contributed by atoms with Crippen LogP contribution in [0.3, 0.4) is 0 Å². The maximum absolute atomic E-state index is 14.4. The third-order valence-electron chi connectivity index (χ3n) is 5.28. The standard InChI is InChI=1S/C17H23FN2O/c1-11(12(2)19)16(21)20-10-17(8-3-4-9-17)15-13(18)6-5-7-14(15)20/h5-7,11-12H,3-4,8-10,19H2,1-2H3. The number of benzene rings is 1. The van der Waals surface area contributed by atoms with Crippen LogP contribution in [-0.4, -0.2) is 18.5 Å². The lowest BCUT2D eigenvalue weighted by atomic mass is 9.80. The zero-order chi connectivity index (χ0) is 15.2. The monoisotopic (exact) mass is 290 g/mol. The summed E-state index contributed by atoms with van der Waals surface area (Å²) in [6.07, 6.45) is 4.16. The van der Waals surface area contributed by atoms with Gasteiger partial charge in [-0.1, -0.05) is 25.8 Å². The molecule has 0 saturated heterocycles. The van der Waals surface area contributed by atoms with Gasteiger partial charge in [0.1, 0.15) is 5.82 Å². The van der Waals surface area contributed by atoms with Crippen molar-refractivity contribution in [2.45, 2.75) is 51.0 Å². The molecule has 2 unspecified atom stereocenters. The molecule has 0 aromatic heterocycles. The van der Waals surface area contributed by atoms with Gasteiger partial charge in [-0.2, -0.15) is 0 Å². The minimum atomic E-state index is -0.252. The highest BCUT2D eigenvalue weighted by Gasteiger charge is 2.48. The maximum atomic E-state index is 14.4. The molecule has 1 aromatic rings. The number of nitrogens with two attached hydrogens (primary N) is 1. The highest BCUT2D eigenvalue weighted by molar-refractivity contribution is 5.98. The summed E-state index contributed by atoms with van der Waals surface area (Å²) in [7, 11) is 0. The molecule has 2 atom stereocenters. The van der Waals surface area contributed by atoms with Crippen LogP contribution in [-0.2, 0) is 10.2 Å². The highest BCUT2D eigenvalue weighted by atomic mass is 19.1. The van der Waals surface area contributed by atoms with Gasteiger partial charge in [0.05, 0.1) is 11.6 Å². The number of hydrogen-bond donors (Lipinski definition) is 1. The second-order valence-electron chi connectivity index (χ2n) is 6.69. The molecule has 1 aliphatic carbocycles. The number of rotatable bonds is 2. The molecule has 3 nitrogen and oxygen atoms in total. The quantitative estimate of drug-likeness (QED) is 0.910. The van der Waals surface area contributed by atoms with Crippen molar-refractivity contribution in [2.75, 3.05) is 11.4 Å². The first kappa shape index (κ1) is 14.5. The van der Waals surface area contributed by atoms with Gasteiger partial charge in [-0.05, 0) is 31.9 Å². The zero-order valence-corrected chi connectivity index (χ0v) is 12.7. The SMILES string of the molecule is CC(N)C(C)C(=O)N1CC2(CCCC2)c2c(F)cccc21. The highest BCUT2D eigenvalue weighted by Crippen LogP contribution is 2.51. The van der Waals surface area contributed by atoms with Crippen LogP contribution in [0.5, 0.6) is 0 Å². The van der Waals surface area contributed by atoms with Crippen molar-refractivity contribution in [1.82, 2.24) is 0 Å². The van der Waals surface area contributed by atoms with E-state index < -0.39 is 0 Å². The fraction of sp³-hybridized carbons (Fsp3) is 0.588. The van der Waals surface area contributed by atoms with Crippen molar-refractivity contribution < 1.29 is 9.18 Å². The molecule has 2 N–H and O–H groups in total. The Labute approximate surface area is 125 Å². The van der Waals surface area contributed by atoms with Gasteiger partial charge >= 0.3 is 0 Å². The van der Waals surface area contributed by atoms with Gasteiger partial charge in [-0.15, -0.1) is 0 Å². The van der Waals surface area contributed by atoms with Crippen molar-refractivity contribution in [1.29, 1.82) is 0 Å². The van der Waals surface area contributed by atoms with Gasteiger partial charge in [0.25, 0.3) is 0 Å². The van der Waals surface area contributed by atoms with Crippen LogP contribution < -0.4 is 10.6 Å². The summed E-state index contributed by atoms with van der Waals surface area (Å²) in [4.78, 5) is 14.5. The molecule has 1 heterocycles. The lowest BCUT2D eigenvalue weighted by Crippen LogP contribution is -2.43. The topological polar surface area (TPSA) is 46.3 Å². The normalized spacial score (nSPS) is 22.4. The summed E-state index contributed by atoms with van der Waals surface area (Å²) in [5, 5.41) is 0. The van der Waals surface area contributed by atoms with Crippen LogP contribution in [0, 0.1) is 11.7 Å². The van der Waals surface area contributed by atoms with Crippen molar-refractivity contribution in [3.8, 4) is 0 Å². The van der Waals surface area contributed by atoms with Gasteiger partial charge in [-0.25, -0.2) is 4.39 Å². The number of carbonyl (C=O) groups excluding carboxylic acids is 1. The molecule has 21 heavy (non-hydrogen) atoms. The van der Waals surface area contributed by atoms with E-state index in [2.05, 4.69) is 0 Å². The molecule has 3 rings (SSSR count). The summed E-state index contributed by atoms with van der Waals surface area (Å²) >= 11 is 0. The predicted molar refractivity (Wildman–Crippen MR) is 81.7 cm³/mol. The largest absolute Gasteiger partial charge is 0.327 e. The summed E-state index contributed by atoms with van der Waals surface area (Å²) < 4.78 is 14.4. The average Bonchev–Trinajstić information content (AvgIpc) is 3.04. The molecule has 1 saturated carbocycles. The van der Waals surface area contributed by atoms with E-state index in [1.165, 1.54) is 6.07 Å². The second kappa shape index (κ2) is 5.09. The van der Waals surface area contributed by atoms with Crippen LogP contribution in [0.2, 0.25) is 0 Å². The number of nitrogens with zero attached hydrogens (tertiary/aromatic N) is 1. The van der Waals surface area contributed by atoms with E-state index in [9.17, 15) is 9.18 Å². The summed E-state index contributed by atoms with van der Waals surface area (Å²) in [5.74, 6) is -0.406. The minimum Gasteiger partial charge on any atom is -0.327 e. The van der Waals surface area contributed by atoms with Crippen molar-refractivity contribution in [2.24, 2.45) is 11.7 Å². The first-order chi connectivity index (χ1) is 9.96. The Balaban J connectivity index is 2.03. The minimum absolute atomic E-state index is 0.0145. The predicted octanol–water partition coefficient (Wildman–Crippen LogP) is 2.97. The zero-order valence-electron chi connectivity index (χ0n) is 12.7. The summed E-state index contributed by atoms with van der Waals surface area (Å²) in [6, 6.07) is 4.88. The van der Waals surface area contributed by atoms with Crippen LogP contribution in [0.25, 0.3) is 0 Å². The van der Waals surface area contributed by atoms with E-state index in [1.54, 1.807) is 11.0 Å². The molecule has 1 amide bonds. The first-order valence-corrected chi connectivity index (χ1v) is 7.82. The molecule has 2 aliphatic rings. The number of amides is 1. The Kier molecular flexibility index (Phi) is 3.52. The van der Waals surface area contributed by atoms with Crippen LogP contribution in [0.1, 0.15) is 45.1 Å². The fourth-order valence-electron chi connectivity index (χ4n) is 3.86. The van der Waals surface area contributed by atoms with Crippen LogP contribution in [0.4, 0.5) is 10.1 Å². The summed E-state index contributed by atoms with van der Waals surface area (Å²) in [5.41, 5.74) is 7.22. The molecular weight excluding hydrogens is 267 g/mol. The van der Waals surface area contributed by atoms with E-state index in [0.29, 0.717) is 6.54 Å². The first-order valence-electron chi connectivity index (χ1n) is 7.82. The Bertz CT molecular complexity index is 564. The summed E-state index contributed by atoms with van der Waals surface area (Å²) in [6.45, 7) is 4.31. The number of carbonyl (C=O) groups is 1. The number of anilines is 1. The van der Waals surface area contributed by atoms with Crippen LogP contribution >= 0.6 is 0 Å². The molecule has 1 spiro atoms. The maximum Gasteiger partial charge on any atom is 0.231 e. The number of fused-ring (bicyclic) bond motifs is 2. The molecule has 0 radical (unpaired) electrons. The average molecular weight is 290 g/mol. The van der Waals surface area contributed by atoms with Gasteiger partial charge in [0, 0.05) is 23.6 Å².